The van der Waals surface area contributed by atoms with E-state index in [0.717, 1.165) is 4.57 Å². The van der Waals surface area contributed by atoms with E-state index in [1.165, 1.54) is 36.4 Å². The van der Waals surface area contributed by atoms with E-state index >= 15 is 0 Å². The van der Waals surface area contributed by atoms with E-state index in [0.29, 0.717) is 39.3 Å². The number of nitriles is 4. The lowest BCUT2D eigenvalue weighted by molar-refractivity contribution is -0.142. The predicted molar refractivity (Wildman–Crippen MR) is 164 cm³/mol. The Kier molecular flexibility index (Phi) is 6.47. The van der Waals surface area contributed by atoms with E-state index in [1.807, 2.05) is 18.2 Å². The van der Waals surface area contributed by atoms with Gasteiger partial charge in [-0.05, 0) is 42.5 Å². The summed E-state index contributed by atoms with van der Waals surface area (Å²) in [6.45, 7) is 0. The number of aromatic nitrogens is 2. The number of hydrogen-bond acceptors (Lipinski definition) is 4. The van der Waals surface area contributed by atoms with Crippen molar-refractivity contribution in [3.8, 4) is 35.7 Å². The van der Waals surface area contributed by atoms with Crippen molar-refractivity contribution in [2.45, 2.75) is 12.4 Å². The van der Waals surface area contributed by atoms with Crippen molar-refractivity contribution in [1.29, 1.82) is 21.0 Å². The minimum absolute atomic E-state index is 0.0124. The third-order valence-corrected chi connectivity index (χ3v) is 8.25. The Morgan fingerprint density at radius 3 is 1.50 bits per heavy atom. The number of rotatable bonds is 2. The zero-order valence-corrected chi connectivity index (χ0v) is 24.0. The zero-order chi connectivity index (χ0) is 34.1. The molecule has 2 aromatic heterocycles. The molecule has 48 heavy (non-hydrogen) atoms. The monoisotopic (exact) mass is 644 g/mol. The first-order valence-corrected chi connectivity index (χ1v) is 14.0. The molecular weight excluding hydrogens is 630 g/mol. The molecule has 0 bridgehead atoms. The first kappa shape index (κ1) is 29.9. The molecule has 2 heterocycles. The van der Waals surface area contributed by atoms with E-state index in [4.69, 9.17) is 0 Å². The average molecular weight is 645 g/mol. The Morgan fingerprint density at radius 1 is 0.479 bits per heavy atom. The van der Waals surface area contributed by atoms with Gasteiger partial charge in [0.1, 0.15) is 12.1 Å². The first-order valence-electron chi connectivity index (χ1n) is 14.0. The van der Waals surface area contributed by atoms with Crippen LogP contribution in [0.1, 0.15) is 33.4 Å². The van der Waals surface area contributed by atoms with Gasteiger partial charge in [0.25, 0.3) is 0 Å². The predicted octanol–water partition coefficient (Wildman–Crippen LogP) is 9.41. The molecule has 0 aliphatic carbocycles. The third-order valence-electron chi connectivity index (χ3n) is 8.25. The molecule has 230 valence electrons. The number of fused-ring (bicyclic) bond motifs is 7. The Balaban J connectivity index is 1.78. The number of hydrogen-bond donors (Lipinski definition) is 0. The molecule has 0 atom stereocenters. The van der Waals surface area contributed by atoms with Gasteiger partial charge in [-0.2, -0.15) is 47.4 Å². The minimum Gasteiger partial charge on any atom is -0.308 e. The van der Waals surface area contributed by atoms with Crippen LogP contribution in [0.25, 0.3) is 55.0 Å². The number of halogens is 6. The molecule has 7 aromatic rings. The number of benzene rings is 5. The quantitative estimate of drug-likeness (QED) is 0.175. The van der Waals surface area contributed by atoms with Crippen LogP contribution in [0, 0.1) is 45.3 Å². The van der Waals surface area contributed by atoms with Gasteiger partial charge in [-0.3, -0.25) is 0 Å². The molecule has 0 unspecified atom stereocenters. The molecule has 12 heteroatoms. The number of alkyl halides is 6. The van der Waals surface area contributed by atoms with Crippen molar-refractivity contribution in [1.82, 2.24) is 9.13 Å². The standard InChI is InChI=1S/C36H14F6N6/c37-35(38,39)26-13-20(16-44)14-27(36(40,41)42)34(26)47-29-8-4-2-6-25(29)31-30(47)10-9-24-23-5-1-3-7-28(23)48(33(24)31)32-21(17-45)11-19(15-43)12-22(32)18-46/h1-14H. The van der Waals surface area contributed by atoms with Crippen LogP contribution in [0.3, 0.4) is 0 Å². The second-order valence-corrected chi connectivity index (χ2v) is 10.8. The molecular formula is C36H14F6N6. The van der Waals surface area contributed by atoms with Crippen molar-refractivity contribution in [2.75, 3.05) is 0 Å². The molecule has 6 nitrogen and oxygen atoms in total. The van der Waals surface area contributed by atoms with Crippen LogP contribution in [0.15, 0.2) is 84.9 Å². The van der Waals surface area contributed by atoms with E-state index in [2.05, 4.69) is 0 Å². The highest BCUT2D eigenvalue weighted by molar-refractivity contribution is 6.26. The van der Waals surface area contributed by atoms with E-state index in [1.54, 1.807) is 47.0 Å². The fourth-order valence-corrected chi connectivity index (χ4v) is 6.46. The topological polar surface area (TPSA) is 105 Å². The lowest BCUT2D eigenvalue weighted by Gasteiger charge is -2.21. The highest BCUT2D eigenvalue weighted by Crippen LogP contribution is 2.48. The summed E-state index contributed by atoms with van der Waals surface area (Å²) in [6.07, 6.45) is -10.6. The molecule has 0 amide bonds. The van der Waals surface area contributed by atoms with Crippen molar-refractivity contribution in [2.24, 2.45) is 0 Å². The fraction of sp³-hybridized carbons (Fsp3) is 0.0556. The summed E-state index contributed by atoms with van der Waals surface area (Å²) in [4.78, 5) is 0. The second-order valence-electron chi connectivity index (χ2n) is 10.8. The normalized spacial score (nSPS) is 11.9. The molecule has 5 aromatic carbocycles. The molecule has 0 aliphatic rings. The summed E-state index contributed by atoms with van der Waals surface area (Å²) >= 11 is 0. The zero-order valence-electron chi connectivity index (χ0n) is 24.0. The number of nitrogens with zero attached hydrogens (tertiary/aromatic N) is 6. The van der Waals surface area contributed by atoms with Crippen LogP contribution >= 0.6 is 0 Å². The lowest BCUT2D eigenvalue weighted by atomic mass is 10.0. The van der Waals surface area contributed by atoms with Crippen LogP contribution < -0.4 is 0 Å². The average Bonchev–Trinajstić information content (AvgIpc) is 3.58. The van der Waals surface area contributed by atoms with Gasteiger partial charge in [0.2, 0.25) is 0 Å². The first-order chi connectivity index (χ1) is 22.9. The van der Waals surface area contributed by atoms with Crippen LogP contribution in [-0.4, -0.2) is 9.13 Å². The van der Waals surface area contributed by atoms with Gasteiger partial charge in [0.05, 0.1) is 79.0 Å². The highest BCUT2D eigenvalue weighted by atomic mass is 19.4. The summed E-state index contributed by atoms with van der Waals surface area (Å²) in [5.74, 6) is 0. The summed E-state index contributed by atoms with van der Waals surface area (Å²) in [5.41, 5.74) is -4.44. The van der Waals surface area contributed by atoms with Crippen LogP contribution in [0.5, 0.6) is 0 Å². The maximum atomic E-state index is 14.7. The Morgan fingerprint density at radius 2 is 0.979 bits per heavy atom. The van der Waals surface area contributed by atoms with Crippen LogP contribution in [0.4, 0.5) is 26.3 Å². The van der Waals surface area contributed by atoms with Gasteiger partial charge in [0.15, 0.2) is 0 Å². The van der Waals surface area contributed by atoms with Gasteiger partial charge >= 0.3 is 12.4 Å². The Hall–Kier alpha value is -6.76. The summed E-state index contributed by atoms with van der Waals surface area (Å²) < 4.78 is 90.4. The van der Waals surface area contributed by atoms with Gasteiger partial charge < -0.3 is 9.13 Å². The maximum absolute atomic E-state index is 14.7. The van der Waals surface area contributed by atoms with E-state index in [9.17, 15) is 47.4 Å². The van der Waals surface area contributed by atoms with Gasteiger partial charge in [-0.1, -0.05) is 42.5 Å². The summed E-state index contributed by atoms with van der Waals surface area (Å²) in [7, 11) is 0. The minimum atomic E-state index is -5.29. The van der Waals surface area contributed by atoms with E-state index in [-0.39, 0.29) is 38.8 Å². The molecule has 0 aliphatic heterocycles. The smallest absolute Gasteiger partial charge is 0.308 e. The second kappa shape index (κ2) is 10.4. The molecule has 0 N–H and O–H groups in total. The molecule has 0 saturated heterocycles. The molecule has 0 spiro atoms. The SMILES string of the molecule is N#Cc1cc(C#N)c(-n2c3ccccc3c3ccc4c(c5ccccc5n4-c4c(C(F)(F)F)cc(C#N)cc4C(F)(F)F)c32)c(C#N)c1. The van der Waals surface area contributed by atoms with Crippen molar-refractivity contribution < 1.29 is 26.3 Å². The Labute approximate surface area is 266 Å². The number of para-hydroxylation sites is 2. The third kappa shape index (κ3) is 4.25. The van der Waals surface area contributed by atoms with Gasteiger partial charge in [0, 0.05) is 21.5 Å². The van der Waals surface area contributed by atoms with Crippen molar-refractivity contribution in [3.63, 3.8) is 0 Å². The largest absolute Gasteiger partial charge is 0.418 e. The van der Waals surface area contributed by atoms with Crippen LogP contribution in [-0.2, 0) is 12.4 Å². The molecule has 0 radical (unpaired) electrons. The van der Waals surface area contributed by atoms with Crippen molar-refractivity contribution >= 4 is 43.6 Å². The summed E-state index contributed by atoms with van der Waals surface area (Å²) in [6, 6.07) is 26.8. The Bertz CT molecular complexity index is 2630. The van der Waals surface area contributed by atoms with E-state index < -0.39 is 34.7 Å². The molecule has 0 fully saturated rings. The fourth-order valence-electron chi connectivity index (χ4n) is 6.46. The van der Waals surface area contributed by atoms with Gasteiger partial charge in [-0.25, -0.2) is 0 Å². The van der Waals surface area contributed by atoms with Crippen LogP contribution in [0.2, 0.25) is 0 Å². The lowest BCUT2D eigenvalue weighted by Crippen LogP contribution is -2.18. The van der Waals surface area contributed by atoms with Crippen molar-refractivity contribution in [3.05, 3.63) is 118 Å². The van der Waals surface area contributed by atoms with Gasteiger partial charge in [-0.15, -0.1) is 0 Å². The summed E-state index contributed by atoms with van der Waals surface area (Å²) in [5, 5.41) is 41.0. The molecule has 0 saturated carbocycles. The maximum Gasteiger partial charge on any atom is 0.418 e. The highest BCUT2D eigenvalue weighted by Gasteiger charge is 2.43. The molecule has 7 rings (SSSR count).